The molecule has 1 N–H and O–H groups in total. The van der Waals surface area contributed by atoms with E-state index in [0.29, 0.717) is 12.5 Å². The van der Waals surface area contributed by atoms with E-state index < -0.39 is 0 Å². The lowest BCUT2D eigenvalue weighted by Crippen LogP contribution is -2.11. The van der Waals surface area contributed by atoms with Gasteiger partial charge >= 0.3 is 0 Å². The normalized spacial score (nSPS) is 12.9. The van der Waals surface area contributed by atoms with E-state index in [1.807, 2.05) is 0 Å². The Hall–Kier alpha value is -0.0400. The molecule has 2 atom stereocenters. The Kier molecular flexibility index (Phi) is 49.1. The molecular formula is C53H108O. The molecule has 1 nitrogen and oxygen atoms in total. The molecule has 0 saturated carbocycles. The second-order valence-corrected chi connectivity index (χ2v) is 18.8. The van der Waals surface area contributed by atoms with Gasteiger partial charge in [-0.1, -0.05) is 310 Å². The van der Waals surface area contributed by atoms with Crippen molar-refractivity contribution in [1.82, 2.24) is 0 Å². The van der Waals surface area contributed by atoms with Gasteiger partial charge in [0.25, 0.3) is 0 Å². The average molecular weight is 761 g/mol. The van der Waals surface area contributed by atoms with Crippen molar-refractivity contribution < 1.29 is 5.11 Å². The van der Waals surface area contributed by atoms with Crippen LogP contribution >= 0.6 is 0 Å². The molecule has 0 heterocycles. The standard InChI is InChI=1S/C53H108O/c1-4-6-8-10-12-14-16-18-20-22-24-26-27-28-29-31-33-35-37-39-41-43-45-47-49-53(51-54)50-52(3)48-46-44-42-40-38-36-34-32-30-25-23-21-19-17-15-13-11-9-7-5-2/h52-54H,4-51H2,1-3H3. The van der Waals surface area contributed by atoms with E-state index >= 15 is 0 Å². The van der Waals surface area contributed by atoms with Gasteiger partial charge in [0.1, 0.15) is 0 Å². The van der Waals surface area contributed by atoms with Crippen LogP contribution in [0.4, 0.5) is 0 Å². The maximum absolute atomic E-state index is 10.00. The highest BCUT2D eigenvalue weighted by molar-refractivity contribution is 4.64. The predicted octanol–water partition coefficient (Wildman–Crippen LogP) is 19.6. The molecular weight excluding hydrogens is 653 g/mol. The minimum atomic E-state index is 0.406. The van der Waals surface area contributed by atoms with E-state index in [2.05, 4.69) is 20.8 Å². The first-order valence-corrected chi connectivity index (χ1v) is 26.3. The molecule has 0 aliphatic carbocycles. The zero-order valence-electron chi connectivity index (χ0n) is 38.5. The molecule has 0 bridgehead atoms. The Morgan fingerprint density at radius 3 is 0.648 bits per heavy atom. The summed E-state index contributed by atoms with van der Waals surface area (Å²) in [5.74, 6) is 1.33. The zero-order chi connectivity index (χ0) is 39.1. The van der Waals surface area contributed by atoms with Crippen molar-refractivity contribution >= 4 is 0 Å². The van der Waals surface area contributed by atoms with Gasteiger partial charge in [-0.3, -0.25) is 0 Å². The molecule has 0 saturated heterocycles. The van der Waals surface area contributed by atoms with Crippen molar-refractivity contribution in [2.24, 2.45) is 11.8 Å². The number of aliphatic hydroxyl groups is 1. The van der Waals surface area contributed by atoms with Crippen molar-refractivity contribution in [3.05, 3.63) is 0 Å². The zero-order valence-corrected chi connectivity index (χ0v) is 38.5. The summed E-state index contributed by atoms with van der Waals surface area (Å²) < 4.78 is 0. The maximum Gasteiger partial charge on any atom is 0.0459 e. The van der Waals surface area contributed by atoms with Crippen LogP contribution in [0, 0.1) is 11.8 Å². The number of rotatable bonds is 49. The second-order valence-electron chi connectivity index (χ2n) is 18.8. The highest BCUT2D eigenvalue weighted by Gasteiger charge is 2.12. The summed E-state index contributed by atoms with van der Waals surface area (Å²) in [5, 5.41) is 10.00. The molecule has 0 spiro atoms. The van der Waals surface area contributed by atoms with E-state index in [0.717, 1.165) is 5.92 Å². The third-order valence-electron chi connectivity index (χ3n) is 13.0. The van der Waals surface area contributed by atoms with Crippen LogP contribution in [0.25, 0.3) is 0 Å². The quantitative estimate of drug-likeness (QED) is 0.0612. The Bertz CT molecular complexity index is 629. The van der Waals surface area contributed by atoms with Gasteiger partial charge in [-0.15, -0.1) is 0 Å². The predicted molar refractivity (Wildman–Crippen MR) is 248 cm³/mol. The van der Waals surface area contributed by atoms with Crippen LogP contribution in [0.5, 0.6) is 0 Å². The first kappa shape index (κ1) is 54.0. The van der Waals surface area contributed by atoms with Crippen molar-refractivity contribution in [1.29, 1.82) is 0 Å². The van der Waals surface area contributed by atoms with Gasteiger partial charge in [-0.2, -0.15) is 0 Å². The van der Waals surface area contributed by atoms with Gasteiger partial charge in [0, 0.05) is 6.61 Å². The molecule has 0 aliphatic rings. The Balaban J connectivity index is 3.32. The lowest BCUT2D eigenvalue weighted by molar-refractivity contribution is 0.189. The molecule has 0 rings (SSSR count). The fourth-order valence-corrected chi connectivity index (χ4v) is 9.11. The lowest BCUT2D eigenvalue weighted by Gasteiger charge is -2.19. The van der Waals surface area contributed by atoms with Crippen LogP contribution in [0.3, 0.4) is 0 Å². The SMILES string of the molecule is CCCCCCCCCCCCCCCCCCCCCCCCCCC(CO)CC(C)CCCCCCCCCCCCCCCCCCCCCC. The molecule has 54 heavy (non-hydrogen) atoms. The van der Waals surface area contributed by atoms with Crippen LogP contribution < -0.4 is 0 Å². The molecule has 0 aromatic rings. The molecule has 0 amide bonds. The highest BCUT2D eigenvalue weighted by atomic mass is 16.3. The monoisotopic (exact) mass is 761 g/mol. The Labute approximate surface area is 345 Å². The van der Waals surface area contributed by atoms with Crippen molar-refractivity contribution in [3.63, 3.8) is 0 Å². The van der Waals surface area contributed by atoms with E-state index in [9.17, 15) is 5.11 Å². The Morgan fingerprint density at radius 2 is 0.444 bits per heavy atom. The number of hydrogen-bond acceptors (Lipinski definition) is 1. The molecule has 0 aliphatic heterocycles. The molecule has 0 fully saturated rings. The summed E-state index contributed by atoms with van der Waals surface area (Å²) in [5.41, 5.74) is 0. The highest BCUT2D eigenvalue weighted by Crippen LogP contribution is 2.24. The van der Waals surface area contributed by atoms with Crippen LogP contribution in [0.1, 0.15) is 323 Å². The fourth-order valence-electron chi connectivity index (χ4n) is 9.11. The van der Waals surface area contributed by atoms with Crippen molar-refractivity contribution in [3.8, 4) is 0 Å². The summed E-state index contributed by atoms with van der Waals surface area (Å²) in [7, 11) is 0. The van der Waals surface area contributed by atoms with Gasteiger partial charge in [0.15, 0.2) is 0 Å². The van der Waals surface area contributed by atoms with Crippen LogP contribution in [0.15, 0.2) is 0 Å². The topological polar surface area (TPSA) is 20.2 Å². The third kappa shape index (κ3) is 46.3. The first-order chi connectivity index (χ1) is 26.7. The van der Waals surface area contributed by atoms with Gasteiger partial charge in [0.2, 0.25) is 0 Å². The van der Waals surface area contributed by atoms with Crippen LogP contribution in [-0.4, -0.2) is 11.7 Å². The van der Waals surface area contributed by atoms with E-state index in [-0.39, 0.29) is 0 Å². The van der Waals surface area contributed by atoms with Crippen LogP contribution in [-0.2, 0) is 0 Å². The number of unbranched alkanes of at least 4 members (excludes halogenated alkanes) is 42. The van der Waals surface area contributed by atoms with Crippen molar-refractivity contribution in [2.75, 3.05) is 6.61 Å². The van der Waals surface area contributed by atoms with E-state index in [4.69, 9.17) is 0 Å². The lowest BCUT2D eigenvalue weighted by atomic mass is 9.88. The fraction of sp³-hybridized carbons (Fsp3) is 1.00. The minimum absolute atomic E-state index is 0.406. The molecule has 2 unspecified atom stereocenters. The van der Waals surface area contributed by atoms with Gasteiger partial charge in [-0.25, -0.2) is 0 Å². The molecule has 0 aromatic carbocycles. The average Bonchev–Trinajstić information content (AvgIpc) is 3.18. The Morgan fingerprint density at radius 1 is 0.259 bits per heavy atom. The third-order valence-corrected chi connectivity index (χ3v) is 13.0. The van der Waals surface area contributed by atoms with Gasteiger partial charge in [-0.05, 0) is 24.7 Å². The molecule has 0 radical (unpaired) electrons. The summed E-state index contributed by atoms with van der Waals surface area (Å²) in [4.78, 5) is 0. The number of hydrogen-bond donors (Lipinski definition) is 1. The smallest absolute Gasteiger partial charge is 0.0459 e. The largest absolute Gasteiger partial charge is 0.396 e. The second kappa shape index (κ2) is 49.1. The minimum Gasteiger partial charge on any atom is -0.396 e. The van der Waals surface area contributed by atoms with Crippen molar-refractivity contribution in [2.45, 2.75) is 323 Å². The van der Waals surface area contributed by atoms with Gasteiger partial charge < -0.3 is 5.11 Å². The summed E-state index contributed by atoms with van der Waals surface area (Å²) in [6, 6.07) is 0. The summed E-state index contributed by atoms with van der Waals surface area (Å²) in [6.45, 7) is 7.47. The van der Waals surface area contributed by atoms with E-state index in [1.165, 1.54) is 302 Å². The van der Waals surface area contributed by atoms with Gasteiger partial charge in [0.05, 0.1) is 0 Å². The maximum atomic E-state index is 10.00. The molecule has 326 valence electrons. The van der Waals surface area contributed by atoms with E-state index in [1.54, 1.807) is 0 Å². The molecule has 0 aromatic heterocycles. The first-order valence-electron chi connectivity index (χ1n) is 26.3. The summed E-state index contributed by atoms with van der Waals surface area (Å²) >= 11 is 0. The van der Waals surface area contributed by atoms with Crippen LogP contribution in [0.2, 0.25) is 0 Å². The summed E-state index contributed by atoms with van der Waals surface area (Å²) in [6.07, 6.45) is 67.9. The molecule has 1 heteroatoms. The number of aliphatic hydroxyl groups excluding tert-OH is 1.